The quantitative estimate of drug-likeness (QED) is 0.825. The molecule has 2 unspecified atom stereocenters. The highest BCUT2D eigenvalue weighted by molar-refractivity contribution is 5.48. The molecule has 19 heavy (non-hydrogen) atoms. The molecule has 2 aliphatic heterocycles. The molecule has 2 atom stereocenters. The van der Waals surface area contributed by atoms with Crippen LogP contribution in [0.25, 0.3) is 0 Å². The number of rotatable bonds is 2. The third kappa shape index (κ3) is 2.91. The zero-order valence-corrected chi connectivity index (χ0v) is 11.1. The Hall–Kier alpha value is -1.10. The second-order valence-corrected chi connectivity index (χ2v) is 5.18. The average molecular weight is 261 g/mol. The first kappa shape index (κ1) is 12.9. The number of morpholine rings is 1. The lowest BCUT2D eigenvalue weighted by Crippen LogP contribution is -2.39. The third-order valence-electron chi connectivity index (χ3n) is 3.98. The van der Waals surface area contributed by atoms with E-state index in [1.165, 1.54) is 11.3 Å². The molecule has 1 radical (unpaired) electrons. The molecular formula is C15H21N2O2. The Labute approximate surface area is 114 Å². The number of benzene rings is 1. The molecule has 1 aromatic carbocycles. The minimum Gasteiger partial charge on any atom is -0.392 e. The van der Waals surface area contributed by atoms with Crippen molar-refractivity contribution in [3.8, 4) is 0 Å². The van der Waals surface area contributed by atoms with E-state index in [1.54, 1.807) is 0 Å². The third-order valence-corrected chi connectivity index (χ3v) is 3.98. The molecule has 4 heteroatoms. The lowest BCUT2D eigenvalue weighted by Gasteiger charge is -2.31. The molecule has 0 amide bonds. The van der Waals surface area contributed by atoms with Gasteiger partial charge in [-0.3, -0.25) is 0 Å². The molecule has 2 aliphatic rings. The van der Waals surface area contributed by atoms with Gasteiger partial charge in [0.05, 0.1) is 19.3 Å². The summed E-state index contributed by atoms with van der Waals surface area (Å²) in [6.07, 6.45) is 1.60. The maximum Gasteiger partial charge on any atom is 0.0665 e. The highest BCUT2D eigenvalue weighted by Gasteiger charge is 2.24. The predicted octanol–water partition coefficient (Wildman–Crippen LogP) is 0.775. The number of piperidine rings is 1. The predicted molar refractivity (Wildman–Crippen MR) is 75.4 cm³/mol. The van der Waals surface area contributed by atoms with Crippen LogP contribution in [0, 0.1) is 6.42 Å². The van der Waals surface area contributed by atoms with Gasteiger partial charge in [-0.05, 0) is 17.7 Å². The van der Waals surface area contributed by atoms with E-state index in [4.69, 9.17) is 4.74 Å². The van der Waals surface area contributed by atoms with Crippen molar-refractivity contribution in [3.05, 3.63) is 36.2 Å². The molecule has 2 heterocycles. The fraction of sp³-hybridized carbons (Fsp3) is 0.533. The molecule has 0 spiro atoms. The van der Waals surface area contributed by atoms with Gasteiger partial charge >= 0.3 is 0 Å². The largest absolute Gasteiger partial charge is 0.392 e. The number of hydrogen-bond acceptors (Lipinski definition) is 4. The van der Waals surface area contributed by atoms with Crippen molar-refractivity contribution in [1.29, 1.82) is 0 Å². The standard InChI is InChI=1S/C15H21N2O2/c18-15-5-6-16-11-14(15)12-1-3-13(4-2-12)17-7-9-19-10-8-17/h1-5,14-16,18H,6-11H2. The molecule has 0 aromatic heterocycles. The van der Waals surface area contributed by atoms with Crippen molar-refractivity contribution >= 4 is 5.69 Å². The van der Waals surface area contributed by atoms with E-state index in [9.17, 15) is 5.11 Å². The molecule has 1 aromatic rings. The molecule has 0 bridgehead atoms. The smallest absolute Gasteiger partial charge is 0.0665 e. The summed E-state index contributed by atoms with van der Waals surface area (Å²) < 4.78 is 5.37. The van der Waals surface area contributed by atoms with Crippen LogP contribution in [0.15, 0.2) is 24.3 Å². The van der Waals surface area contributed by atoms with Crippen molar-refractivity contribution in [2.75, 3.05) is 44.3 Å². The minimum atomic E-state index is -0.338. The summed E-state index contributed by atoms with van der Waals surface area (Å²) in [5, 5.41) is 13.3. The number of hydrogen-bond donors (Lipinski definition) is 2. The maximum absolute atomic E-state index is 10.0. The Balaban J connectivity index is 1.70. The summed E-state index contributed by atoms with van der Waals surface area (Å²) in [6, 6.07) is 8.59. The minimum absolute atomic E-state index is 0.174. The van der Waals surface area contributed by atoms with Crippen molar-refractivity contribution in [1.82, 2.24) is 5.32 Å². The SMILES string of the molecule is OC1[CH]CNCC1c1ccc(N2CCOCC2)cc1. The number of aliphatic hydroxyl groups is 1. The number of anilines is 1. The van der Waals surface area contributed by atoms with Gasteiger partial charge in [-0.2, -0.15) is 0 Å². The number of aliphatic hydroxyl groups excluding tert-OH is 1. The Morgan fingerprint density at radius 2 is 1.89 bits per heavy atom. The van der Waals surface area contributed by atoms with Crippen LogP contribution >= 0.6 is 0 Å². The van der Waals surface area contributed by atoms with Crippen LogP contribution in [0.3, 0.4) is 0 Å². The van der Waals surface area contributed by atoms with Gasteiger partial charge in [-0.15, -0.1) is 0 Å². The fourth-order valence-electron chi connectivity index (χ4n) is 2.80. The van der Waals surface area contributed by atoms with Gasteiger partial charge in [0.25, 0.3) is 0 Å². The lowest BCUT2D eigenvalue weighted by atomic mass is 9.89. The first-order chi connectivity index (χ1) is 9.34. The van der Waals surface area contributed by atoms with Gasteiger partial charge < -0.3 is 20.1 Å². The van der Waals surface area contributed by atoms with Crippen molar-refractivity contribution < 1.29 is 9.84 Å². The van der Waals surface area contributed by atoms with Crippen LogP contribution in [0.5, 0.6) is 0 Å². The lowest BCUT2D eigenvalue weighted by molar-refractivity contribution is 0.122. The van der Waals surface area contributed by atoms with E-state index in [0.717, 1.165) is 39.4 Å². The second kappa shape index (κ2) is 5.90. The van der Waals surface area contributed by atoms with Gasteiger partial charge in [-0.25, -0.2) is 0 Å². The first-order valence-corrected chi connectivity index (χ1v) is 6.99. The Bertz CT molecular complexity index is 401. The zero-order valence-electron chi connectivity index (χ0n) is 11.1. The van der Waals surface area contributed by atoms with Crippen LogP contribution in [-0.4, -0.2) is 50.6 Å². The molecule has 0 aliphatic carbocycles. The normalized spacial score (nSPS) is 28.4. The number of ether oxygens (including phenoxy) is 1. The van der Waals surface area contributed by atoms with E-state index in [-0.39, 0.29) is 12.0 Å². The topological polar surface area (TPSA) is 44.7 Å². The number of nitrogens with one attached hydrogen (secondary N) is 1. The van der Waals surface area contributed by atoms with Crippen LogP contribution in [-0.2, 0) is 4.74 Å². The Kier molecular flexibility index (Phi) is 4.01. The Morgan fingerprint density at radius 3 is 2.58 bits per heavy atom. The van der Waals surface area contributed by atoms with E-state index in [2.05, 4.69) is 34.5 Å². The highest BCUT2D eigenvalue weighted by Crippen LogP contribution is 2.26. The van der Waals surface area contributed by atoms with E-state index >= 15 is 0 Å². The van der Waals surface area contributed by atoms with Crippen LogP contribution in [0.2, 0.25) is 0 Å². The van der Waals surface area contributed by atoms with Crippen molar-refractivity contribution in [3.63, 3.8) is 0 Å². The van der Waals surface area contributed by atoms with Crippen molar-refractivity contribution in [2.24, 2.45) is 0 Å². The molecule has 2 saturated heterocycles. The highest BCUT2D eigenvalue weighted by atomic mass is 16.5. The van der Waals surface area contributed by atoms with Crippen LogP contribution in [0.1, 0.15) is 11.5 Å². The molecule has 4 nitrogen and oxygen atoms in total. The summed E-state index contributed by atoms with van der Waals surface area (Å²) in [6.45, 7) is 5.17. The molecule has 0 saturated carbocycles. The van der Waals surface area contributed by atoms with E-state index in [1.807, 2.05) is 6.42 Å². The monoisotopic (exact) mass is 261 g/mol. The summed E-state index contributed by atoms with van der Waals surface area (Å²) in [4.78, 5) is 2.34. The zero-order chi connectivity index (χ0) is 13.1. The summed E-state index contributed by atoms with van der Waals surface area (Å²) in [7, 11) is 0. The van der Waals surface area contributed by atoms with Gasteiger partial charge in [0.2, 0.25) is 0 Å². The maximum atomic E-state index is 10.0. The summed E-state index contributed by atoms with van der Waals surface area (Å²) in [5.41, 5.74) is 2.45. The molecular weight excluding hydrogens is 240 g/mol. The van der Waals surface area contributed by atoms with Crippen LogP contribution in [0.4, 0.5) is 5.69 Å². The fourth-order valence-corrected chi connectivity index (χ4v) is 2.80. The van der Waals surface area contributed by atoms with Crippen molar-refractivity contribution in [2.45, 2.75) is 12.0 Å². The van der Waals surface area contributed by atoms with Gasteiger partial charge in [-0.1, -0.05) is 12.1 Å². The van der Waals surface area contributed by atoms with Crippen LogP contribution < -0.4 is 10.2 Å². The Morgan fingerprint density at radius 1 is 1.16 bits per heavy atom. The van der Waals surface area contributed by atoms with E-state index < -0.39 is 0 Å². The molecule has 3 rings (SSSR count). The molecule has 103 valence electrons. The van der Waals surface area contributed by atoms with Gasteiger partial charge in [0, 0.05) is 44.2 Å². The number of nitrogens with zero attached hydrogens (tertiary/aromatic N) is 1. The first-order valence-electron chi connectivity index (χ1n) is 6.99. The molecule has 2 fully saturated rings. The van der Waals surface area contributed by atoms with E-state index in [0.29, 0.717) is 0 Å². The average Bonchev–Trinajstić information content (AvgIpc) is 2.49. The second-order valence-electron chi connectivity index (χ2n) is 5.18. The van der Waals surface area contributed by atoms with Gasteiger partial charge in [0.15, 0.2) is 0 Å². The van der Waals surface area contributed by atoms with Gasteiger partial charge in [0.1, 0.15) is 0 Å². The summed E-state index contributed by atoms with van der Waals surface area (Å²) in [5.74, 6) is 0.174. The summed E-state index contributed by atoms with van der Waals surface area (Å²) >= 11 is 0. The molecule has 2 N–H and O–H groups in total.